The van der Waals surface area contributed by atoms with E-state index in [9.17, 15) is 9.90 Å². The molecule has 1 unspecified atom stereocenters. The fourth-order valence-corrected chi connectivity index (χ4v) is 2.36. The third-order valence-electron chi connectivity index (χ3n) is 3.44. The van der Waals surface area contributed by atoms with E-state index in [4.69, 9.17) is 0 Å². The lowest BCUT2D eigenvalue weighted by atomic mass is 10.3. The van der Waals surface area contributed by atoms with Crippen molar-refractivity contribution in [3.05, 3.63) is 0 Å². The van der Waals surface area contributed by atoms with Crippen LogP contribution in [0, 0.1) is 0 Å². The van der Waals surface area contributed by atoms with Gasteiger partial charge in [-0.3, -0.25) is 4.79 Å². The van der Waals surface area contributed by atoms with Crippen LogP contribution < -0.4 is 5.32 Å². The number of likely N-dealkylation sites (tertiary alicyclic amines) is 1. The maximum atomic E-state index is 11.7. The molecule has 1 amide bonds. The van der Waals surface area contributed by atoms with Gasteiger partial charge in [-0.05, 0) is 39.8 Å². The Bertz CT molecular complexity index is 238. The summed E-state index contributed by atoms with van der Waals surface area (Å²) in [6, 6.07) is 0. The number of hydrogen-bond acceptors (Lipinski definition) is 4. The lowest BCUT2D eigenvalue weighted by Gasteiger charge is -2.21. The van der Waals surface area contributed by atoms with E-state index < -0.39 is 0 Å². The van der Waals surface area contributed by atoms with Crippen LogP contribution in [0.4, 0.5) is 0 Å². The van der Waals surface area contributed by atoms with Gasteiger partial charge in [-0.2, -0.15) is 0 Å². The van der Waals surface area contributed by atoms with Crippen LogP contribution in [0.5, 0.6) is 0 Å². The third kappa shape index (κ3) is 5.33. The quantitative estimate of drug-likeness (QED) is 0.638. The molecule has 1 aliphatic rings. The molecule has 0 radical (unpaired) electrons. The SMILES string of the molecule is CCN(CC)C(=O)CNCC(O)CN1CCCC1. The highest BCUT2D eigenvalue weighted by Gasteiger charge is 2.16. The van der Waals surface area contributed by atoms with Crippen LogP contribution in [0.25, 0.3) is 0 Å². The minimum absolute atomic E-state index is 0.105. The molecule has 5 heteroatoms. The summed E-state index contributed by atoms with van der Waals surface area (Å²) in [5, 5.41) is 12.9. The summed E-state index contributed by atoms with van der Waals surface area (Å²) in [4.78, 5) is 15.8. The van der Waals surface area contributed by atoms with Crippen LogP contribution in [-0.4, -0.2) is 72.7 Å². The standard InChI is InChI=1S/C13H27N3O2/c1-3-16(4-2)13(18)10-14-9-12(17)11-15-7-5-6-8-15/h12,14,17H,3-11H2,1-2H3. The van der Waals surface area contributed by atoms with Crippen molar-refractivity contribution in [1.29, 1.82) is 0 Å². The summed E-state index contributed by atoms with van der Waals surface area (Å²) in [5.74, 6) is 0.105. The Hall–Kier alpha value is -0.650. The summed E-state index contributed by atoms with van der Waals surface area (Å²) in [7, 11) is 0. The van der Waals surface area contributed by atoms with Crippen LogP contribution in [0.3, 0.4) is 0 Å². The van der Waals surface area contributed by atoms with Crippen LogP contribution in [0.1, 0.15) is 26.7 Å². The first-order chi connectivity index (χ1) is 8.67. The van der Waals surface area contributed by atoms with Crippen LogP contribution >= 0.6 is 0 Å². The predicted molar refractivity (Wildman–Crippen MR) is 72.5 cm³/mol. The van der Waals surface area contributed by atoms with E-state index in [1.54, 1.807) is 4.90 Å². The zero-order valence-corrected chi connectivity index (χ0v) is 11.7. The van der Waals surface area contributed by atoms with Crippen molar-refractivity contribution < 1.29 is 9.90 Å². The summed E-state index contributed by atoms with van der Waals surface area (Å²) >= 11 is 0. The number of nitrogens with one attached hydrogen (secondary N) is 1. The van der Waals surface area contributed by atoms with Crippen molar-refractivity contribution in [3.8, 4) is 0 Å². The first-order valence-corrected chi connectivity index (χ1v) is 7.06. The Labute approximate surface area is 110 Å². The van der Waals surface area contributed by atoms with Crippen LogP contribution in [0.15, 0.2) is 0 Å². The number of amides is 1. The van der Waals surface area contributed by atoms with Crippen LogP contribution in [-0.2, 0) is 4.79 Å². The van der Waals surface area contributed by atoms with Gasteiger partial charge in [0.1, 0.15) is 0 Å². The lowest BCUT2D eigenvalue weighted by Crippen LogP contribution is -2.42. The van der Waals surface area contributed by atoms with Gasteiger partial charge in [0.05, 0.1) is 12.6 Å². The van der Waals surface area contributed by atoms with Crippen molar-refractivity contribution in [2.24, 2.45) is 0 Å². The Morgan fingerprint density at radius 2 is 1.94 bits per heavy atom. The molecule has 1 fully saturated rings. The van der Waals surface area contributed by atoms with E-state index in [0.29, 0.717) is 19.6 Å². The minimum atomic E-state index is -0.382. The van der Waals surface area contributed by atoms with Crippen molar-refractivity contribution in [3.63, 3.8) is 0 Å². The van der Waals surface area contributed by atoms with Gasteiger partial charge >= 0.3 is 0 Å². The van der Waals surface area contributed by atoms with Crippen molar-refractivity contribution in [2.45, 2.75) is 32.8 Å². The molecule has 0 aromatic carbocycles. The van der Waals surface area contributed by atoms with Gasteiger partial charge in [-0.15, -0.1) is 0 Å². The number of β-amino-alcohol motifs (C(OH)–C–C–N with tert-alkyl or cyclic N) is 1. The molecular formula is C13H27N3O2. The summed E-state index contributed by atoms with van der Waals surface area (Å²) in [6.45, 7) is 9.15. The molecule has 1 aliphatic heterocycles. The van der Waals surface area contributed by atoms with E-state index in [0.717, 1.165) is 26.2 Å². The fourth-order valence-electron chi connectivity index (χ4n) is 2.36. The fraction of sp³-hybridized carbons (Fsp3) is 0.923. The van der Waals surface area contributed by atoms with Gasteiger partial charge in [0, 0.05) is 26.2 Å². The number of rotatable bonds is 8. The van der Waals surface area contributed by atoms with E-state index >= 15 is 0 Å². The number of aliphatic hydroxyl groups excluding tert-OH is 1. The molecule has 18 heavy (non-hydrogen) atoms. The van der Waals surface area contributed by atoms with Gasteiger partial charge in [0.15, 0.2) is 0 Å². The summed E-state index contributed by atoms with van der Waals surface area (Å²) in [5.41, 5.74) is 0. The number of hydrogen-bond donors (Lipinski definition) is 2. The zero-order valence-electron chi connectivity index (χ0n) is 11.7. The minimum Gasteiger partial charge on any atom is -0.390 e. The van der Waals surface area contributed by atoms with Crippen molar-refractivity contribution in [1.82, 2.24) is 15.1 Å². The second-order valence-corrected chi connectivity index (χ2v) is 4.86. The molecule has 0 aromatic heterocycles. The van der Waals surface area contributed by atoms with E-state index in [1.807, 2.05) is 13.8 Å². The Morgan fingerprint density at radius 3 is 2.50 bits per heavy atom. The lowest BCUT2D eigenvalue weighted by molar-refractivity contribution is -0.129. The zero-order chi connectivity index (χ0) is 13.4. The predicted octanol–water partition coefficient (Wildman–Crippen LogP) is -0.0989. The molecular weight excluding hydrogens is 230 g/mol. The summed E-state index contributed by atoms with van der Waals surface area (Å²) < 4.78 is 0. The van der Waals surface area contributed by atoms with Gasteiger partial charge in [-0.25, -0.2) is 0 Å². The number of likely N-dealkylation sites (N-methyl/N-ethyl adjacent to an activating group) is 1. The van der Waals surface area contributed by atoms with Crippen molar-refractivity contribution >= 4 is 5.91 Å². The molecule has 0 aromatic rings. The van der Waals surface area contributed by atoms with E-state index in [1.165, 1.54) is 12.8 Å². The maximum absolute atomic E-state index is 11.7. The highest BCUT2D eigenvalue weighted by atomic mass is 16.3. The molecule has 106 valence electrons. The Balaban J connectivity index is 2.10. The second-order valence-electron chi connectivity index (χ2n) is 4.86. The van der Waals surface area contributed by atoms with E-state index in [2.05, 4.69) is 10.2 Å². The molecule has 2 N–H and O–H groups in total. The maximum Gasteiger partial charge on any atom is 0.236 e. The highest BCUT2D eigenvalue weighted by Crippen LogP contribution is 2.07. The topological polar surface area (TPSA) is 55.8 Å². The van der Waals surface area contributed by atoms with Gasteiger partial charge in [0.25, 0.3) is 0 Å². The molecule has 5 nitrogen and oxygen atoms in total. The molecule has 1 atom stereocenters. The van der Waals surface area contributed by atoms with Gasteiger partial charge in [-0.1, -0.05) is 0 Å². The molecule has 1 heterocycles. The molecule has 0 bridgehead atoms. The molecule has 1 rings (SSSR count). The molecule has 0 spiro atoms. The first-order valence-electron chi connectivity index (χ1n) is 7.06. The molecule has 1 saturated heterocycles. The van der Waals surface area contributed by atoms with Crippen LogP contribution in [0.2, 0.25) is 0 Å². The average Bonchev–Trinajstić information content (AvgIpc) is 2.83. The van der Waals surface area contributed by atoms with Gasteiger partial charge in [0.2, 0.25) is 5.91 Å². The van der Waals surface area contributed by atoms with Crippen molar-refractivity contribution in [2.75, 3.05) is 45.8 Å². The Morgan fingerprint density at radius 1 is 1.33 bits per heavy atom. The Kier molecular flexibility index (Phi) is 7.23. The monoisotopic (exact) mass is 257 g/mol. The third-order valence-corrected chi connectivity index (χ3v) is 3.44. The number of aliphatic hydroxyl groups is 1. The number of nitrogens with zero attached hydrogens (tertiary/aromatic N) is 2. The molecule has 0 aliphatic carbocycles. The van der Waals surface area contributed by atoms with Gasteiger partial charge < -0.3 is 20.2 Å². The second kappa shape index (κ2) is 8.45. The largest absolute Gasteiger partial charge is 0.390 e. The normalized spacial score (nSPS) is 17.9. The summed E-state index contributed by atoms with van der Waals surface area (Å²) in [6.07, 6.45) is 2.09. The number of carbonyl (C=O) groups excluding carboxylic acids is 1. The first kappa shape index (κ1) is 15.4. The smallest absolute Gasteiger partial charge is 0.236 e. The molecule has 0 saturated carbocycles. The average molecular weight is 257 g/mol. The number of carbonyl (C=O) groups is 1. The highest BCUT2D eigenvalue weighted by molar-refractivity contribution is 5.78. The van der Waals surface area contributed by atoms with E-state index in [-0.39, 0.29) is 12.0 Å².